The quantitative estimate of drug-likeness (QED) is 0.383. The van der Waals surface area contributed by atoms with Gasteiger partial charge in [-0.1, -0.05) is 29.8 Å². The summed E-state index contributed by atoms with van der Waals surface area (Å²) in [7, 11) is 4.87. The predicted molar refractivity (Wildman–Crippen MR) is 129 cm³/mol. The lowest BCUT2D eigenvalue weighted by Crippen LogP contribution is -2.21. The van der Waals surface area contributed by atoms with Gasteiger partial charge in [0, 0.05) is 36.7 Å². The number of ether oxygens (including phenoxy) is 3. The molecule has 0 radical (unpaired) electrons. The summed E-state index contributed by atoms with van der Waals surface area (Å²) in [6.45, 7) is 0.315. The summed E-state index contributed by atoms with van der Waals surface area (Å²) in [5, 5.41) is 5.30. The second-order valence-corrected chi connectivity index (χ2v) is 8.71. The third-order valence-corrected chi connectivity index (χ3v) is 6.44. The summed E-state index contributed by atoms with van der Waals surface area (Å²) in [5.74, 6) is 1.39. The van der Waals surface area contributed by atoms with Gasteiger partial charge in [0.25, 0.3) is 0 Å². The van der Waals surface area contributed by atoms with Crippen molar-refractivity contribution >= 4 is 23.0 Å². The molecule has 2 aromatic carbocycles. The number of rotatable bonds is 6. The Labute approximate surface area is 202 Å². The third-order valence-electron chi connectivity index (χ3n) is 6.21. The van der Waals surface area contributed by atoms with Crippen molar-refractivity contribution in [1.29, 1.82) is 0 Å². The van der Waals surface area contributed by atoms with Crippen LogP contribution in [0.1, 0.15) is 39.6 Å². The molecule has 0 saturated heterocycles. The first-order valence-electron chi connectivity index (χ1n) is 10.9. The van der Waals surface area contributed by atoms with Crippen LogP contribution in [-0.4, -0.2) is 41.7 Å². The number of hydrogen-bond donors (Lipinski definition) is 0. The number of halogens is 1. The first kappa shape index (κ1) is 22.4. The normalized spacial score (nSPS) is 15.4. The summed E-state index contributed by atoms with van der Waals surface area (Å²) >= 11 is 6.27. The lowest BCUT2D eigenvalue weighted by Gasteiger charge is -2.25. The number of ketones is 1. The highest BCUT2D eigenvalue weighted by Gasteiger charge is 2.31. The number of nitrogens with zero attached hydrogens (tertiary/aromatic N) is 3. The molecule has 0 N–H and O–H groups in total. The summed E-state index contributed by atoms with van der Waals surface area (Å²) in [6.07, 6.45) is 2.77. The SMILES string of the molecule is COCc1nn2cc3c(nc2c1-c1cccc(Cl)c1)CC(c1ccc(OC)cc1OC)CC3=O. The molecule has 0 bridgehead atoms. The Morgan fingerprint density at radius 3 is 2.68 bits per heavy atom. The molecule has 2 heterocycles. The number of carbonyl (C=O) groups excluding carboxylic acids is 1. The van der Waals surface area contributed by atoms with E-state index in [2.05, 4.69) is 5.10 Å². The average Bonchev–Trinajstić information content (AvgIpc) is 3.19. The Balaban J connectivity index is 1.63. The lowest BCUT2D eigenvalue weighted by atomic mass is 9.81. The molecular weight excluding hydrogens is 454 g/mol. The Bertz CT molecular complexity index is 1400. The maximum Gasteiger partial charge on any atom is 0.166 e. The van der Waals surface area contributed by atoms with E-state index in [9.17, 15) is 4.79 Å². The molecule has 174 valence electrons. The van der Waals surface area contributed by atoms with Gasteiger partial charge in [-0.2, -0.15) is 5.10 Å². The second-order valence-electron chi connectivity index (χ2n) is 8.27. The van der Waals surface area contributed by atoms with Crippen molar-refractivity contribution in [2.24, 2.45) is 0 Å². The van der Waals surface area contributed by atoms with E-state index < -0.39 is 0 Å². The van der Waals surface area contributed by atoms with E-state index in [1.54, 1.807) is 32.0 Å². The summed E-state index contributed by atoms with van der Waals surface area (Å²) < 4.78 is 18.0. The van der Waals surface area contributed by atoms with Gasteiger partial charge in [-0.05, 0) is 35.7 Å². The van der Waals surface area contributed by atoms with Gasteiger partial charge in [0.05, 0.1) is 43.3 Å². The van der Waals surface area contributed by atoms with Crippen molar-refractivity contribution in [3.8, 4) is 22.6 Å². The predicted octanol–water partition coefficient (Wildman–Crippen LogP) is 5.13. The van der Waals surface area contributed by atoms with Crippen molar-refractivity contribution in [2.75, 3.05) is 21.3 Å². The van der Waals surface area contributed by atoms with E-state index in [0.717, 1.165) is 28.1 Å². The number of aromatic nitrogens is 3. The van der Waals surface area contributed by atoms with Crippen molar-refractivity contribution < 1.29 is 19.0 Å². The van der Waals surface area contributed by atoms with Gasteiger partial charge in [0.1, 0.15) is 11.5 Å². The molecule has 1 atom stereocenters. The molecule has 7 nitrogen and oxygen atoms in total. The molecular formula is C26H24ClN3O4. The van der Waals surface area contributed by atoms with Crippen LogP contribution in [0.25, 0.3) is 16.8 Å². The molecule has 0 aliphatic heterocycles. The smallest absolute Gasteiger partial charge is 0.166 e. The average molecular weight is 478 g/mol. The maximum atomic E-state index is 13.2. The van der Waals surface area contributed by atoms with Crippen molar-refractivity contribution in [1.82, 2.24) is 14.6 Å². The fourth-order valence-electron chi connectivity index (χ4n) is 4.63. The lowest BCUT2D eigenvalue weighted by molar-refractivity contribution is 0.0962. The number of hydrogen-bond acceptors (Lipinski definition) is 6. The van der Waals surface area contributed by atoms with Crippen LogP contribution in [0.2, 0.25) is 5.02 Å². The molecule has 2 aromatic heterocycles. The highest BCUT2D eigenvalue weighted by atomic mass is 35.5. The molecule has 0 saturated carbocycles. The highest BCUT2D eigenvalue weighted by molar-refractivity contribution is 6.30. The van der Waals surface area contributed by atoms with Gasteiger partial charge in [-0.3, -0.25) is 4.79 Å². The molecule has 1 aliphatic rings. The molecule has 34 heavy (non-hydrogen) atoms. The van der Waals surface area contributed by atoms with E-state index in [-0.39, 0.29) is 11.7 Å². The fraction of sp³-hybridized carbons (Fsp3) is 0.269. The first-order valence-corrected chi connectivity index (χ1v) is 11.3. The number of benzene rings is 2. The van der Waals surface area contributed by atoms with Gasteiger partial charge >= 0.3 is 0 Å². The monoisotopic (exact) mass is 477 g/mol. The van der Waals surface area contributed by atoms with Crippen molar-refractivity contribution in [3.63, 3.8) is 0 Å². The van der Waals surface area contributed by atoms with Crippen LogP contribution in [0.3, 0.4) is 0 Å². The van der Waals surface area contributed by atoms with Crippen LogP contribution in [0.4, 0.5) is 0 Å². The van der Waals surface area contributed by atoms with Crippen LogP contribution in [0.5, 0.6) is 11.5 Å². The maximum absolute atomic E-state index is 13.2. The van der Waals surface area contributed by atoms with E-state index in [4.69, 9.17) is 30.8 Å². The van der Waals surface area contributed by atoms with E-state index in [1.165, 1.54) is 0 Å². The Morgan fingerprint density at radius 2 is 1.94 bits per heavy atom. The van der Waals surface area contributed by atoms with Crippen LogP contribution in [0.15, 0.2) is 48.7 Å². The second kappa shape index (κ2) is 9.08. The number of methoxy groups -OCH3 is 3. The molecule has 1 unspecified atom stereocenters. The minimum absolute atomic E-state index is 0.0339. The van der Waals surface area contributed by atoms with Gasteiger partial charge in [0.2, 0.25) is 0 Å². The molecule has 0 amide bonds. The molecule has 4 aromatic rings. The molecule has 8 heteroatoms. The van der Waals surface area contributed by atoms with Crippen LogP contribution < -0.4 is 9.47 Å². The standard InChI is InChI=1S/C26H24ClN3O4/c1-32-14-22-25(15-5-4-6-17(27)9-15)26-28-21-10-16(11-23(31)20(21)13-30(26)29-22)19-8-7-18(33-2)12-24(19)34-3/h4-9,12-13,16H,10-11,14H2,1-3H3. The van der Waals surface area contributed by atoms with Gasteiger partial charge in [0.15, 0.2) is 11.4 Å². The van der Waals surface area contributed by atoms with Crippen LogP contribution in [-0.2, 0) is 17.8 Å². The zero-order valence-corrected chi connectivity index (χ0v) is 19.9. The number of carbonyl (C=O) groups is 1. The first-order chi connectivity index (χ1) is 16.5. The van der Waals surface area contributed by atoms with Gasteiger partial charge < -0.3 is 14.2 Å². The Kier molecular flexibility index (Phi) is 5.98. The Hall–Kier alpha value is -3.42. The fourth-order valence-corrected chi connectivity index (χ4v) is 4.82. The van der Waals surface area contributed by atoms with Crippen LogP contribution in [0, 0.1) is 0 Å². The minimum Gasteiger partial charge on any atom is -0.497 e. The van der Waals surface area contributed by atoms with Crippen LogP contribution >= 0.6 is 11.6 Å². The van der Waals surface area contributed by atoms with E-state index in [0.29, 0.717) is 47.2 Å². The van der Waals surface area contributed by atoms with E-state index >= 15 is 0 Å². The zero-order chi connectivity index (χ0) is 23.8. The number of fused-ring (bicyclic) bond motifs is 2. The summed E-state index contributed by atoms with van der Waals surface area (Å²) in [6, 6.07) is 13.3. The Morgan fingerprint density at radius 1 is 1.09 bits per heavy atom. The van der Waals surface area contributed by atoms with E-state index in [1.807, 2.05) is 42.5 Å². The summed E-state index contributed by atoms with van der Waals surface area (Å²) in [4.78, 5) is 18.1. The molecule has 0 spiro atoms. The summed E-state index contributed by atoms with van der Waals surface area (Å²) in [5.41, 5.74) is 5.47. The molecule has 1 aliphatic carbocycles. The topological polar surface area (TPSA) is 75.0 Å². The largest absolute Gasteiger partial charge is 0.497 e. The van der Waals surface area contributed by atoms with Crippen molar-refractivity contribution in [3.05, 3.63) is 76.2 Å². The molecule has 5 rings (SSSR count). The molecule has 0 fully saturated rings. The third kappa shape index (κ3) is 3.91. The zero-order valence-electron chi connectivity index (χ0n) is 19.2. The minimum atomic E-state index is -0.0493. The van der Waals surface area contributed by atoms with Crippen molar-refractivity contribution in [2.45, 2.75) is 25.4 Å². The highest BCUT2D eigenvalue weighted by Crippen LogP contribution is 2.39. The number of Topliss-reactive ketones (excluding diaryl/α,β-unsaturated/α-hetero) is 1. The van der Waals surface area contributed by atoms with Gasteiger partial charge in [-0.15, -0.1) is 0 Å². The van der Waals surface area contributed by atoms with Gasteiger partial charge in [-0.25, -0.2) is 9.50 Å².